The molecule has 0 aliphatic carbocycles. The van der Waals surface area contributed by atoms with E-state index in [4.69, 9.17) is 9.47 Å². The van der Waals surface area contributed by atoms with Crippen molar-refractivity contribution in [3.63, 3.8) is 0 Å². The number of unbranched alkanes of at least 4 members (excludes halogenated alkanes) is 1. The summed E-state index contributed by atoms with van der Waals surface area (Å²) in [5.74, 6) is -0.235. The van der Waals surface area contributed by atoms with Gasteiger partial charge in [0.05, 0.1) is 13.2 Å². The quantitative estimate of drug-likeness (QED) is 0.505. The summed E-state index contributed by atoms with van der Waals surface area (Å²) in [4.78, 5) is 13.4. The highest BCUT2D eigenvalue weighted by molar-refractivity contribution is 5.81. The van der Waals surface area contributed by atoms with Gasteiger partial charge in [-0.1, -0.05) is 19.4 Å². The fraction of sp³-hybridized carbons (Fsp3) is 0.750. The molecule has 0 spiro atoms. The number of esters is 1. The number of hydrogen-bond acceptors (Lipinski definition) is 4. The highest BCUT2D eigenvalue weighted by Gasteiger charge is 2.09. The molecule has 4 nitrogen and oxygen atoms in total. The van der Waals surface area contributed by atoms with Gasteiger partial charge in [0.15, 0.2) is 0 Å². The van der Waals surface area contributed by atoms with Crippen LogP contribution in [0.2, 0.25) is 0 Å². The first kappa shape index (κ1) is 13.2. The van der Waals surface area contributed by atoms with Crippen molar-refractivity contribution in [2.45, 2.75) is 19.8 Å². The van der Waals surface area contributed by atoms with E-state index < -0.39 is 0 Å². The van der Waals surface area contributed by atoms with Crippen LogP contribution >= 0.6 is 0 Å². The second-order valence-corrected chi connectivity index (χ2v) is 3.81. The summed E-state index contributed by atoms with van der Waals surface area (Å²) in [7, 11) is 0. The molecule has 0 amide bonds. The van der Waals surface area contributed by atoms with Gasteiger partial charge in [-0.3, -0.25) is 4.90 Å². The number of nitrogens with zero attached hydrogens (tertiary/aromatic N) is 1. The molecule has 0 radical (unpaired) electrons. The molecule has 1 rings (SSSR count). The van der Waals surface area contributed by atoms with Gasteiger partial charge >= 0.3 is 5.97 Å². The van der Waals surface area contributed by atoms with Gasteiger partial charge in [0.1, 0.15) is 6.61 Å². The normalized spacial score (nSPS) is 17.8. The molecule has 92 valence electrons. The molecule has 1 saturated heterocycles. The zero-order chi connectivity index (χ0) is 11.6. The van der Waals surface area contributed by atoms with E-state index in [-0.39, 0.29) is 5.97 Å². The number of allylic oxidation sites excluding steroid dienone is 1. The predicted molar refractivity (Wildman–Crippen MR) is 62.3 cm³/mol. The number of rotatable bonds is 6. The third-order valence-corrected chi connectivity index (χ3v) is 2.46. The highest BCUT2D eigenvalue weighted by Crippen LogP contribution is 1.96. The van der Waals surface area contributed by atoms with Crippen LogP contribution in [0.25, 0.3) is 0 Å². The Morgan fingerprint density at radius 3 is 2.88 bits per heavy atom. The maximum absolute atomic E-state index is 11.2. The molecule has 0 aromatic carbocycles. The van der Waals surface area contributed by atoms with Crippen molar-refractivity contribution in [3.05, 3.63) is 12.2 Å². The predicted octanol–water partition coefficient (Wildman–Crippen LogP) is 1.22. The fourth-order valence-electron chi connectivity index (χ4n) is 1.49. The minimum absolute atomic E-state index is 0.235. The van der Waals surface area contributed by atoms with Gasteiger partial charge in [-0.15, -0.1) is 0 Å². The maximum Gasteiger partial charge on any atom is 0.330 e. The Balaban J connectivity index is 2.03. The number of ether oxygens (including phenoxy) is 2. The molecule has 0 atom stereocenters. The zero-order valence-corrected chi connectivity index (χ0v) is 9.98. The molecule has 4 heteroatoms. The molecule has 0 aromatic heterocycles. The van der Waals surface area contributed by atoms with Crippen molar-refractivity contribution >= 4 is 5.97 Å². The summed E-state index contributed by atoms with van der Waals surface area (Å²) in [5.41, 5.74) is 0. The van der Waals surface area contributed by atoms with Crippen LogP contribution in [0.5, 0.6) is 0 Å². The standard InChI is InChI=1S/C12H21NO3/c1-2-3-4-5-12(14)16-11-8-13-6-9-15-10-7-13/h4-5H,2-3,6-11H2,1H3/b5-4+. The zero-order valence-electron chi connectivity index (χ0n) is 9.98. The van der Waals surface area contributed by atoms with Crippen molar-refractivity contribution in [2.24, 2.45) is 0 Å². The fourth-order valence-corrected chi connectivity index (χ4v) is 1.49. The van der Waals surface area contributed by atoms with Crippen LogP contribution in [0.3, 0.4) is 0 Å². The molecule has 0 unspecified atom stereocenters. The van der Waals surface area contributed by atoms with E-state index in [1.165, 1.54) is 6.08 Å². The van der Waals surface area contributed by atoms with Gasteiger partial charge < -0.3 is 9.47 Å². The SMILES string of the molecule is CCC/C=C/C(=O)OCCN1CCOCC1. The monoisotopic (exact) mass is 227 g/mol. The number of carbonyl (C=O) groups excluding carboxylic acids is 1. The minimum Gasteiger partial charge on any atom is -0.461 e. The van der Waals surface area contributed by atoms with Crippen LogP contribution in [0.1, 0.15) is 19.8 Å². The lowest BCUT2D eigenvalue weighted by Crippen LogP contribution is -2.38. The molecular formula is C12H21NO3. The molecule has 16 heavy (non-hydrogen) atoms. The van der Waals surface area contributed by atoms with Crippen LogP contribution in [0, 0.1) is 0 Å². The number of morpholine rings is 1. The summed E-state index contributed by atoms with van der Waals surface area (Å²) >= 11 is 0. The van der Waals surface area contributed by atoms with Crippen molar-refractivity contribution in [1.29, 1.82) is 0 Å². The molecule has 1 fully saturated rings. The third-order valence-electron chi connectivity index (χ3n) is 2.46. The Morgan fingerprint density at radius 2 is 2.19 bits per heavy atom. The average molecular weight is 227 g/mol. The summed E-state index contributed by atoms with van der Waals surface area (Å²) in [6.45, 7) is 6.78. The van der Waals surface area contributed by atoms with E-state index in [2.05, 4.69) is 11.8 Å². The van der Waals surface area contributed by atoms with Gasteiger partial charge in [-0.05, 0) is 6.42 Å². The molecular weight excluding hydrogens is 206 g/mol. The Labute approximate surface area is 97.2 Å². The van der Waals surface area contributed by atoms with Crippen molar-refractivity contribution in [1.82, 2.24) is 4.90 Å². The first-order valence-electron chi connectivity index (χ1n) is 5.96. The smallest absolute Gasteiger partial charge is 0.330 e. The number of carbonyl (C=O) groups is 1. The lowest BCUT2D eigenvalue weighted by atomic mass is 10.3. The van der Waals surface area contributed by atoms with E-state index in [1.54, 1.807) is 0 Å². The Kier molecular flexibility index (Phi) is 6.85. The van der Waals surface area contributed by atoms with E-state index in [0.717, 1.165) is 45.7 Å². The van der Waals surface area contributed by atoms with Gasteiger partial charge in [-0.2, -0.15) is 0 Å². The number of hydrogen-bond donors (Lipinski definition) is 0. The van der Waals surface area contributed by atoms with Crippen molar-refractivity contribution < 1.29 is 14.3 Å². The van der Waals surface area contributed by atoms with Gasteiger partial charge in [0, 0.05) is 25.7 Å². The molecule has 0 bridgehead atoms. The molecule has 0 saturated carbocycles. The topological polar surface area (TPSA) is 38.8 Å². The summed E-state index contributed by atoms with van der Waals surface area (Å²) in [6, 6.07) is 0. The van der Waals surface area contributed by atoms with Crippen LogP contribution in [-0.2, 0) is 14.3 Å². The minimum atomic E-state index is -0.235. The summed E-state index contributed by atoms with van der Waals surface area (Å²) in [5, 5.41) is 0. The average Bonchev–Trinajstić information content (AvgIpc) is 2.31. The largest absolute Gasteiger partial charge is 0.461 e. The third kappa shape index (κ3) is 5.88. The lowest BCUT2D eigenvalue weighted by Gasteiger charge is -2.25. The van der Waals surface area contributed by atoms with E-state index in [1.807, 2.05) is 6.08 Å². The maximum atomic E-state index is 11.2. The van der Waals surface area contributed by atoms with Gasteiger partial charge in [0.25, 0.3) is 0 Å². The van der Waals surface area contributed by atoms with E-state index >= 15 is 0 Å². The Morgan fingerprint density at radius 1 is 1.44 bits per heavy atom. The Hall–Kier alpha value is -0.870. The molecule has 1 heterocycles. The van der Waals surface area contributed by atoms with E-state index in [0.29, 0.717) is 6.61 Å². The first-order valence-corrected chi connectivity index (χ1v) is 5.96. The molecule has 1 aliphatic rings. The second kappa shape index (κ2) is 8.30. The van der Waals surface area contributed by atoms with Crippen molar-refractivity contribution in [3.8, 4) is 0 Å². The van der Waals surface area contributed by atoms with Crippen LogP contribution in [0.4, 0.5) is 0 Å². The molecule has 0 N–H and O–H groups in total. The highest BCUT2D eigenvalue weighted by atomic mass is 16.5. The van der Waals surface area contributed by atoms with Gasteiger partial charge in [-0.25, -0.2) is 4.79 Å². The Bertz CT molecular complexity index is 222. The molecule has 0 aromatic rings. The molecule has 1 aliphatic heterocycles. The van der Waals surface area contributed by atoms with Gasteiger partial charge in [0.2, 0.25) is 0 Å². The van der Waals surface area contributed by atoms with Crippen LogP contribution in [0.15, 0.2) is 12.2 Å². The first-order chi connectivity index (χ1) is 7.83. The van der Waals surface area contributed by atoms with Crippen molar-refractivity contribution in [2.75, 3.05) is 39.5 Å². The summed E-state index contributed by atoms with van der Waals surface area (Å²) < 4.78 is 10.3. The van der Waals surface area contributed by atoms with Crippen LogP contribution in [-0.4, -0.2) is 50.3 Å². The lowest BCUT2D eigenvalue weighted by molar-refractivity contribution is -0.138. The van der Waals surface area contributed by atoms with E-state index in [9.17, 15) is 4.79 Å². The second-order valence-electron chi connectivity index (χ2n) is 3.81. The summed E-state index contributed by atoms with van der Waals surface area (Å²) in [6.07, 6.45) is 5.36. The van der Waals surface area contributed by atoms with Crippen LogP contribution < -0.4 is 0 Å².